The molecule has 1 aromatic carbocycles. The van der Waals surface area contributed by atoms with Crippen LogP contribution in [0.2, 0.25) is 5.15 Å². The molecule has 0 spiro atoms. The second kappa shape index (κ2) is 3.00. The Morgan fingerprint density at radius 3 is 2.69 bits per heavy atom. The summed E-state index contributed by atoms with van der Waals surface area (Å²) in [7, 11) is 0. The fourth-order valence-corrected chi connectivity index (χ4v) is 1.50. The third-order valence-corrected chi connectivity index (χ3v) is 2.48. The Balaban J connectivity index is 2.81. The van der Waals surface area contributed by atoms with Crippen molar-refractivity contribution in [3.05, 3.63) is 40.5 Å². The van der Waals surface area contributed by atoms with Crippen LogP contribution in [-0.4, -0.2) is 4.98 Å². The molecule has 2 rings (SSSR count). The van der Waals surface area contributed by atoms with E-state index in [1.807, 2.05) is 13.0 Å². The number of aryl methyl sites for hydroxylation is 2. The second-order valence-electron chi connectivity index (χ2n) is 3.29. The number of nitrogens with zero attached hydrogens (tertiary/aromatic N) is 1. The lowest BCUT2D eigenvalue weighted by molar-refractivity contribution is 1.32. The summed E-state index contributed by atoms with van der Waals surface area (Å²) in [5.74, 6) is 0. The van der Waals surface area contributed by atoms with Gasteiger partial charge in [0.2, 0.25) is 0 Å². The van der Waals surface area contributed by atoms with Crippen molar-refractivity contribution >= 4 is 22.5 Å². The van der Waals surface area contributed by atoms with E-state index in [-0.39, 0.29) is 0 Å². The summed E-state index contributed by atoms with van der Waals surface area (Å²) in [5, 5.41) is 1.74. The summed E-state index contributed by atoms with van der Waals surface area (Å²) in [5.41, 5.74) is 3.20. The van der Waals surface area contributed by atoms with Gasteiger partial charge in [0.05, 0.1) is 5.52 Å². The highest BCUT2D eigenvalue weighted by Gasteiger charge is 2.00. The van der Waals surface area contributed by atoms with E-state index in [1.165, 1.54) is 5.56 Å². The molecule has 0 aliphatic rings. The quantitative estimate of drug-likeness (QED) is 0.581. The van der Waals surface area contributed by atoms with Crippen LogP contribution in [0.1, 0.15) is 11.1 Å². The van der Waals surface area contributed by atoms with E-state index in [4.69, 9.17) is 11.6 Å². The van der Waals surface area contributed by atoms with E-state index in [9.17, 15) is 0 Å². The third-order valence-electron chi connectivity index (χ3n) is 2.10. The van der Waals surface area contributed by atoms with E-state index in [1.54, 1.807) is 0 Å². The van der Waals surface area contributed by atoms with Crippen LogP contribution in [0.15, 0.2) is 24.3 Å². The maximum atomic E-state index is 5.93. The number of hydrogen-bond donors (Lipinski definition) is 0. The van der Waals surface area contributed by atoms with Crippen LogP contribution in [0.4, 0.5) is 0 Å². The zero-order chi connectivity index (χ0) is 9.42. The molecule has 2 heteroatoms. The number of aromatic nitrogens is 1. The van der Waals surface area contributed by atoms with Gasteiger partial charge < -0.3 is 0 Å². The molecule has 66 valence electrons. The first-order valence-corrected chi connectivity index (χ1v) is 4.58. The van der Waals surface area contributed by atoms with Crippen molar-refractivity contribution in [2.75, 3.05) is 0 Å². The Morgan fingerprint density at radius 2 is 1.92 bits per heavy atom. The first kappa shape index (κ1) is 8.52. The predicted octanol–water partition coefficient (Wildman–Crippen LogP) is 3.51. The van der Waals surface area contributed by atoms with Crippen molar-refractivity contribution in [1.82, 2.24) is 4.98 Å². The lowest BCUT2D eigenvalue weighted by Crippen LogP contribution is -1.84. The molecule has 0 bridgehead atoms. The number of halogens is 1. The zero-order valence-corrected chi connectivity index (χ0v) is 8.39. The minimum Gasteiger partial charge on any atom is -0.236 e. The molecule has 0 aliphatic heterocycles. The Hall–Kier alpha value is -1.08. The molecule has 1 heterocycles. The fourth-order valence-electron chi connectivity index (χ4n) is 1.36. The van der Waals surface area contributed by atoms with Crippen LogP contribution >= 0.6 is 11.6 Å². The van der Waals surface area contributed by atoms with Gasteiger partial charge in [-0.1, -0.05) is 23.7 Å². The minimum atomic E-state index is 0.595. The van der Waals surface area contributed by atoms with Crippen LogP contribution in [0.5, 0.6) is 0 Å². The normalized spacial score (nSPS) is 10.7. The lowest BCUT2D eigenvalue weighted by atomic mass is 10.1. The largest absolute Gasteiger partial charge is 0.236 e. The van der Waals surface area contributed by atoms with Gasteiger partial charge in [-0.2, -0.15) is 0 Å². The zero-order valence-electron chi connectivity index (χ0n) is 7.63. The van der Waals surface area contributed by atoms with Crippen LogP contribution in [0.25, 0.3) is 10.9 Å². The van der Waals surface area contributed by atoms with Gasteiger partial charge >= 0.3 is 0 Å². The summed E-state index contributed by atoms with van der Waals surface area (Å²) in [4.78, 5) is 4.30. The maximum absolute atomic E-state index is 5.93. The monoisotopic (exact) mass is 191 g/mol. The van der Waals surface area contributed by atoms with Gasteiger partial charge in [0.25, 0.3) is 0 Å². The summed E-state index contributed by atoms with van der Waals surface area (Å²) < 4.78 is 0. The van der Waals surface area contributed by atoms with Gasteiger partial charge in [0.15, 0.2) is 0 Å². The molecule has 0 atom stereocenters. The van der Waals surface area contributed by atoms with E-state index >= 15 is 0 Å². The molecule has 1 aromatic heterocycles. The van der Waals surface area contributed by atoms with Crippen molar-refractivity contribution in [1.29, 1.82) is 0 Å². The standard InChI is InChI=1S/C11H10ClN/c1-7-3-4-9-6-8(2)11(12)13-10(9)5-7/h3-6H,1-2H3. The smallest absolute Gasteiger partial charge is 0.132 e. The Morgan fingerprint density at radius 1 is 1.15 bits per heavy atom. The fraction of sp³-hybridized carbons (Fsp3) is 0.182. The van der Waals surface area contributed by atoms with E-state index in [0.29, 0.717) is 5.15 Å². The Labute approximate surface area is 82.4 Å². The van der Waals surface area contributed by atoms with E-state index in [0.717, 1.165) is 16.5 Å². The lowest BCUT2D eigenvalue weighted by Gasteiger charge is -2.01. The number of benzene rings is 1. The highest BCUT2D eigenvalue weighted by molar-refractivity contribution is 6.30. The molecule has 0 unspecified atom stereocenters. The third kappa shape index (κ3) is 1.52. The van der Waals surface area contributed by atoms with Gasteiger partial charge in [0, 0.05) is 5.39 Å². The van der Waals surface area contributed by atoms with Gasteiger partial charge in [-0.05, 0) is 37.1 Å². The molecule has 13 heavy (non-hydrogen) atoms. The Bertz CT molecular complexity index is 463. The topological polar surface area (TPSA) is 12.9 Å². The van der Waals surface area contributed by atoms with Gasteiger partial charge in [-0.25, -0.2) is 4.98 Å². The Kier molecular flexibility index (Phi) is 1.97. The molecule has 0 amide bonds. The van der Waals surface area contributed by atoms with Crippen LogP contribution < -0.4 is 0 Å². The average Bonchev–Trinajstić information content (AvgIpc) is 2.08. The summed E-state index contributed by atoms with van der Waals surface area (Å²) >= 11 is 5.93. The number of rotatable bonds is 0. The number of hydrogen-bond acceptors (Lipinski definition) is 1. The highest BCUT2D eigenvalue weighted by atomic mass is 35.5. The maximum Gasteiger partial charge on any atom is 0.132 e. The van der Waals surface area contributed by atoms with Gasteiger partial charge in [-0.3, -0.25) is 0 Å². The molecule has 0 aliphatic carbocycles. The summed E-state index contributed by atoms with van der Waals surface area (Å²) in [6.45, 7) is 4.02. The first-order valence-electron chi connectivity index (χ1n) is 4.20. The van der Waals surface area contributed by atoms with E-state index < -0.39 is 0 Å². The van der Waals surface area contributed by atoms with Crippen LogP contribution in [-0.2, 0) is 0 Å². The molecular weight excluding hydrogens is 182 g/mol. The summed E-state index contributed by atoms with van der Waals surface area (Å²) in [6.07, 6.45) is 0. The molecule has 0 radical (unpaired) electrons. The van der Waals surface area contributed by atoms with Gasteiger partial charge in [0.1, 0.15) is 5.15 Å². The molecule has 0 saturated carbocycles. The number of fused-ring (bicyclic) bond motifs is 1. The molecular formula is C11H10ClN. The summed E-state index contributed by atoms with van der Waals surface area (Å²) in [6, 6.07) is 8.25. The molecule has 2 aromatic rings. The minimum absolute atomic E-state index is 0.595. The highest BCUT2D eigenvalue weighted by Crippen LogP contribution is 2.20. The molecule has 0 saturated heterocycles. The van der Waals surface area contributed by atoms with Crippen LogP contribution in [0.3, 0.4) is 0 Å². The van der Waals surface area contributed by atoms with Crippen molar-refractivity contribution in [2.24, 2.45) is 0 Å². The molecule has 1 nitrogen and oxygen atoms in total. The molecule has 0 fully saturated rings. The van der Waals surface area contributed by atoms with Crippen molar-refractivity contribution in [2.45, 2.75) is 13.8 Å². The van der Waals surface area contributed by atoms with E-state index in [2.05, 4.69) is 30.1 Å². The molecule has 0 N–H and O–H groups in total. The average molecular weight is 192 g/mol. The number of pyridine rings is 1. The predicted molar refractivity (Wildman–Crippen MR) is 56.2 cm³/mol. The second-order valence-corrected chi connectivity index (χ2v) is 3.65. The SMILES string of the molecule is Cc1ccc2cc(C)c(Cl)nc2c1. The van der Waals surface area contributed by atoms with Gasteiger partial charge in [-0.15, -0.1) is 0 Å². The van der Waals surface area contributed by atoms with Crippen molar-refractivity contribution in [3.63, 3.8) is 0 Å². The van der Waals surface area contributed by atoms with Crippen molar-refractivity contribution < 1.29 is 0 Å². The first-order chi connectivity index (χ1) is 6.16. The van der Waals surface area contributed by atoms with Crippen molar-refractivity contribution in [3.8, 4) is 0 Å². The van der Waals surface area contributed by atoms with Crippen LogP contribution in [0, 0.1) is 13.8 Å².